The van der Waals surface area contributed by atoms with E-state index in [0.717, 1.165) is 38.2 Å². The highest BCUT2D eigenvalue weighted by atomic mass is 32.2. The first-order valence-electron chi connectivity index (χ1n) is 6.89. The Hall–Kier alpha value is -1.20. The van der Waals surface area contributed by atoms with Crippen LogP contribution in [0.1, 0.15) is 20.3 Å². The molecule has 1 N–H and O–H groups in total. The molecule has 5 heteroatoms. The van der Waals surface area contributed by atoms with Crippen LogP contribution < -0.4 is 10.1 Å². The third-order valence-electron chi connectivity index (χ3n) is 2.67. The van der Waals surface area contributed by atoms with E-state index in [1.54, 1.807) is 19.1 Å². The van der Waals surface area contributed by atoms with Crippen molar-refractivity contribution >= 4 is 18.4 Å². The Balaban J connectivity index is 2.51. The molecule has 20 heavy (non-hydrogen) atoms. The lowest BCUT2D eigenvalue weighted by Gasteiger charge is -2.23. The van der Waals surface area contributed by atoms with Crippen LogP contribution in [0, 0.1) is 5.92 Å². The fourth-order valence-corrected chi connectivity index (χ4v) is 2.93. The third kappa shape index (κ3) is 6.82. The maximum Gasteiger partial charge on any atom is 0.207 e. The Morgan fingerprint density at radius 1 is 1.35 bits per heavy atom. The minimum atomic E-state index is 0.611. The van der Waals surface area contributed by atoms with Gasteiger partial charge in [-0.15, -0.1) is 0 Å². The van der Waals surface area contributed by atoms with E-state index in [0.29, 0.717) is 5.92 Å². The SMILES string of the molecule is COc1ccc(SN(CCCNC=O)CC(C)C)cc1. The molecule has 1 aromatic rings. The van der Waals surface area contributed by atoms with Crippen LogP contribution >= 0.6 is 11.9 Å². The van der Waals surface area contributed by atoms with Crippen molar-refractivity contribution in [1.82, 2.24) is 9.62 Å². The predicted molar refractivity (Wildman–Crippen MR) is 83.9 cm³/mol. The van der Waals surface area contributed by atoms with Crippen LogP contribution in [0.4, 0.5) is 0 Å². The molecule has 0 aliphatic rings. The summed E-state index contributed by atoms with van der Waals surface area (Å²) in [7, 11) is 1.67. The molecule has 0 heterocycles. The highest BCUT2D eigenvalue weighted by Crippen LogP contribution is 2.25. The molecule has 0 spiro atoms. The normalized spacial score (nSPS) is 10.8. The van der Waals surface area contributed by atoms with Gasteiger partial charge in [-0.05, 0) is 48.6 Å². The van der Waals surface area contributed by atoms with Gasteiger partial charge in [0.1, 0.15) is 5.75 Å². The number of amides is 1. The van der Waals surface area contributed by atoms with Crippen molar-refractivity contribution in [3.8, 4) is 5.75 Å². The Morgan fingerprint density at radius 2 is 2.05 bits per heavy atom. The van der Waals surface area contributed by atoms with Gasteiger partial charge in [-0.2, -0.15) is 0 Å². The Bertz CT molecular complexity index is 382. The highest BCUT2D eigenvalue weighted by molar-refractivity contribution is 7.97. The van der Waals surface area contributed by atoms with E-state index >= 15 is 0 Å². The molecule has 0 aliphatic carbocycles. The number of methoxy groups -OCH3 is 1. The molecule has 0 aromatic heterocycles. The van der Waals surface area contributed by atoms with Gasteiger partial charge >= 0.3 is 0 Å². The van der Waals surface area contributed by atoms with E-state index in [-0.39, 0.29) is 0 Å². The summed E-state index contributed by atoms with van der Waals surface area (Å²) in [5, 5.41) is 2.70. The summed E-state index contributed by atoms with van der Waals surface area (Å²) in [5.74, 6) is 1.49. The van der Waals surface area contributed by atoms with Crippen LogP contribution in [-0.4, -0.2) is 37.5 Å². The van der Waals surface area contributed by atoms with E-state index in [4.69, 9.17) is 4.74 Å². The second kappa shape index (κ2) is 9.66. The number of ether oxygens (including phenoxy) is 1. The number of hydrogen-bond donors (Lipinski definition) is 1. The van der Waals surface area contributed by atoms with Crippen LogP contribution in [0.25, 0.3) is 0 Å². The summed E-state index contributed by atoms with van der Waals surface area (Å²) in [6.45, 7) is 7.13. The van der Waals surface area contributed by atoms with Crippen LogP contribution in [0.15, 0.2) is 29.2 Å². The Labute approximate surface area is 126 Å². The summed E-state index contributed by atoms with van der Waals surface area (Å²) in [6.07, 6.45) is 1.71. The number of nitrogens with one attached hydrogen (secondary N) is 1. The van der Waals surface area contributed by atoms with E-state index in [2.05, 4.69) is 35.6 Å². The summed E-state index contributed by atoms with van der Waals surface area (Å²) in [4.78, 5) is 11.4. The number of hydrogen-bond acceptors (Lipinski definition) is 4. The van der Waals surface area contributed by atoms with E-state index in [1.165, 1.54) is 4.90 Å². The molecule has 112 valence electrons. The molecule has 0 saturated heterocycles. The first-order valence-corrected chi connectivity index (χ1v) is 7.67. The van der Waals surface area contributed by atoms with Gasteiger partial charge in [-0.3, -0.25) is 4.79 Å². The number of carbonyl (C=O) groups excluding carboxylic acids is 1. The Morgan fingerprint density at radius 3 is 2.60 bits per heavy atom. The molecule has 1 aromatic carbocycles. The summed E-state index contributed by atoms with van der Waals surface area (Å²) in [5.41, 5.74) is 0. The molecule has 1 rings (SSSR count). The minimum absolute atomic E-state index is 0.611. The zero-order chi connectivity index (χ0) is 14.8. The van der Waals surface area contributed by atoms with Crippen molar-refractivity contribution in [2.75, 3.05) is 26.7 Å². The average Bonchev–Trinajstić information content (AvgIpc) is 2.43. The highest BCUT2D eigenvalue weighted by Gasteiger charge is 2.09. The lowest BCUT2D eigenvalue weighted by Crippen LogP contribution is -2.25. The molecule has 0 bridgehead atoms. The van der Waals surface area contributed by atoms with Crippen LogP contribution in [0.3, 0.4) is 0 Å². The van der Waals surface area contributed by atoms with E-state index < -0.39 is 0 Å². The zero-order valence-corrected chi connectivity index (χ0v) is 13.3. The quantitative estimate of drug-likeness (QED) is 0.409. The smallest absolute Gasteiger partial charge is 0.207 e. The van der Waals surface area contributed by atoms with E-state index in [9.17, 15) is 4.79 Å². The topological polar surface area (TPSA) is 41.6 Å². The fraction of sp³-hybridized carbons (Fsp3) is 0.533. The van der Waals surface area contributed by atoms with Crippen molar-refractivity contribution in [2.24, 2.45) is 5.92 Å². The molecule has 0 saturated carbocycles. The first kappa shape index (κ1) is 16.9. The molecule has 0 radical (unpaired) electrons. The predicted octanol–water partition coefficient (Wildman–Crippen LogP) is 2.80. The van der Waals surface area contributed by atoms with Crippen molar-refractivity contribution in [2.45, 2.75) is 25.2 Å². The summed E-state index contributed by atoms with van der Waals surface area (Å²) in [6, 6.07) is 8.09. The first-order chi connectivity index (χ1) is 9.65. The van der Waals surface area contributed by atoms with Crippen molar-refractivity contribution in [3.05, 3.63) is 24.3 Å². The second-order valence-corrected chi connectivity index (χ2v) is 6.14. The van der Waals surface area contributed by atoms with E-state index in [1.807, 2.05) is 12.1 Å². The lowest BCUT2D eigenvalue weighted by atomic mass is 10.2. The summed E-state index contributed by atoms with van der Waals surface area (Å²) < 4.78 is 7.51. The van der Waals surface area contributed by atoms with Gasteiger partial charge in [0.25, 0.3) is 0 Å². The molecular formula is C15H24N2O2S. The van der Waals surface area contributed by atoms with Gasteiger partial charge in [0, 0.05) is 24.5 Å². The van der Waals surface area contributed by atoms with Crippen molar-refractivity contribution in [1.29, 1.82) is 0 Å². The third-order valence-corrected chi connectivity index (χ3v) is 3.75. The van der Waals surface area contributed by atoms with Gasteiger partial charge in [0.05, 0.1) is 7.11 Å². The molecule has 1 amide bonds. The van der Waals surface area contributed by atoms with Gasteiger partial charge < -0.3 is 10.1 Å². The maximum atomic E-state index is 10.2. The number of carbonyl (C=O) groups is 1. The lowest BCUT2D eigenvalue weighted by molar-refractivity contribution is -0.109. The molecular weight excluding hydrogens is 272 g/mol. The van der Waals surface area contributed by atoms with Crippen LogP contribution in [-0.2, 0) is 4.79 Å². The number of rotatable bonds is 10. The zero-order valence-electron chi connectivity index (χ0n) is 12.5. The van der Waals surface area contributed by atoms with Gasteiger partial charge in [0.15, 0.2) is 0 Å². The van der Waals surface area contributed by atoms with Crippen molar-refractivity contribution < 1.29 is 9.53 Å². The monoisotopic (exact) mass is 296 g/mol. The minimum Gasteiger partial charge on any atom is -0.497 e. The van der Waals surface area contributed by atoms with Crippen LogP contribution in [0.5, 0.6) is 5.75 Å². The maximum absolute atomic E-state index is 10.2. The molecule has 0 atom stereocenters. The average molecular weight is 296 g/mol. The molecule has 0 aliphatic heterocycles. The van der Waals surface area contributed by atoms with Gasteiger partial charge in [0.2, 0.25) is 6.41 Å². The second-order valence-electron chi connectivity index (χ2n) is 4.97. The van der Waals surface area contributed by atoms with Gasteiger partial charge in [-0.1, -0.05) is 13.8 Å². The Kier molecular flexibility index (Phi) is 8.14. The molecule has 0 fully saturated rings. The molecule has 4 nitrogen and oxygen atoms in total. The standard InChI is InChI=1S/C15H24N2O2S/c1-13(2)11-17(10-4-9-16-12-18)20-15-7-5-14(19-3)6-8-15/h5-8,12-13H,4,9-11H2,1-3H3,(H,16,18). The fourth-order valence-electron chi connectivity index (χ4n) is 1.78. The van der Waals surface area contributed by atoms with Gasteiger partial charge in [-0.25, -0.2) is 4.31 Å². The largest absolute Gasteiger partial charge is 0.497 e. The number of nitrogens with zero attached hydrogens (tertiary/aromatic N) is 1. The van der Waals surface area contributed by atoms with Crippen molar-refractivity contribution in [3.63, 3.8) is 0 Å². The molecule has 0 unspecified atom stereocenters. The summed E-state index contributed by atoms with van der Waals surface area (Å²) >= 11 is 1.76. The number of benzene rings is 1. The van der Waals surface area contributed by atoms with Crippen LogP contribution in [0.2, 0.25) is 0 Å².